The van der Waals surface area contributed by atoms with Crippen LogP contribution in [0.3, 0.4) is 0 Å². The first-order valence-electron chi connectivity index (χ1n) is 11.1. The van der Waals surface area contributed by atoms with Crippen molar-refractivity contribution < 1.29 is 14.3 Å². The second-order valence-corrected chi connectivity index (χ2v) is 8.39. The normalized spacial score (nSPS) is 22.1. The number of benzene rings is 1. The Morgan fingerprint density at radius 2 is 2.00 bits per heavy atom. The standard InChI is InChI=1S/C22H32N6O3/c1-30-14-13-28-21(23-24-25-28)22(27-11-3-4-12-27)9-6-10-26(17-22)20(29)16-18-7-5-8-19(15-18)31-2/h5,7-8,15H,3-4,6,9-14,16-17H2,1-2H3. The molecule has 2 aromatic rings. The third-order valence-corrected chi connectivity index (χ3v) is 6.48. The molecule has 0 bridgehead atoms. The summed E-state index contributed by atoms with van der Waals surface area (Å²) in [7, 11) is 3.32. The lowest BCUT2D eigenvalue weighted by atomic mass is 9.85. The third kappa shape index (κ3) is 4.57. The van der Waals surface area contributed by atoms with Crippen molar-refractivity contribution in [2.24, 2.45) is 0 Å². The minimum atomic E-state index is -0.351. The summed E-state index contributed by atoms with van der Waals surface area (Å²) in [6, 6.07) is 7.73. The zero-order valence-electron chi connectivity index (χ0n) is 18.5. The molecule has 2 aliphatic heterocycles. The molecule has 0 N–H and O–H groups in total. The predicted molar refractivity (Wildman–Crippen MR) is 115 cm³/mol. The number of ether oxygens (including phenoxy) is 2. The highest BCUT2D eigenvalue weighted by Gasteiger charge is 2.47. The molecular weight excluding hydrogens is 396 g/mol. The highest BCUT2D eigenvalue weighted by Crippen LogP contribution is 2.38. The Morgan fingerprint density at radius 1 is 1.16 bits per heavy atom. The van der Waals surface area contributed by atoms with Gasteiger partial charge >= 0.3 is 0 Å². The maximum atomic E-state index is 13.3. The summed E-state index contributed by atoms with van der Waals surface area (Å²) < 4.78 is 12.4. The van der Waals surface area contributed by atoms with Crippen LogP contribution in [0.2, 0.25) is 0 Å². The van der Waals surface area contributed by atoms with Gasteiger partial charge in [0.1, 0.15) is 11.3 Å². The fraction of sp³-hybridized carbons (Fsp3) is 0.636. The van der Waals surface area contributed by atoms with Crippen molar-refractivity contribution in [1.82, 2.24) is 30.0 Å². The third-order valence-electron chi connectivity index (χ3n) is 6.48. The highest BCUT2D eigenvalue weighted by molar-refractivity contribution is 5.79. The number of nitrogens with zero attached hydrogens (tertiary/aromatic N) is 6. The van der Waals surface area contributed by atoms with Crippen LogP contribution in [0.15, 0.2) is 24.3 Å². The quantitative estimate of drug-likeness (QED) is 0.630. The molecule has 0 spiro atoms. The number of methoxy groups -OCH3 is 2. The van der Waals surface area contributed by atoms with Crippen LogP contribution in [0.4, 0.5) is 0 Å². The molecule has 1 unspecified atom stereocenters. The van der Waals surface area contributed by atoms with Gasteiger partial charge in [-0.1, -0.05) is 12.1 Å². The van der Waals surface area contributed by atoms with Crippen LogP contribution >= 0.6 is 0 Å². The SMILES string of the molecule is COCCn1nnnc1C1(N2CCCC2)CCCN(C(=O)Cc2cccc(OC)c2)C1. The number of amides is 1. The van der Waals surface area contributed by atoms with Crippen molar-refractivity contribution in [3.05, 3.63) is 35.7 Å². The van der Waals surface area contributed by atoms with E-state index >= 15 is 0 Å². The van der Waals surface area contributed by atoms with Gasteiger partial charge in [-0.2, -0.15) is 0 Å². The van der Waals surface area contributed by atoms with Gasteiger partial charge in [0.25, 0.3) is 0 Å². The number of hydrogen-bond acceptors (Lipinski definition) is 7. The van der Waals surface area contributed by atoms with Crippen molar-refractivity contribution >= 4 is 5.91 Å². The molecule has 9 heteroatoms. The Hall–Kier alpha value is -2.52. The summed E-state index contributed by atoms with van der Waals surface area (Å²) in [4.78, 5) is 17.8. The minimum Gasteiger partial charge on any atom is -0.497 e. The van der Waals surface area contributed by atoms with E-state index in [2.05, 4.69) is 20.4 Å². The number of carbonyl (C=O) groups is 1. The molecule has 4 rings (SSSR count). The van der Waals surface area contributed by atoms with Crippen molar-refractivity contribution in [2.45, 2.75) is 44.2 Å². The van der Waals surface area contributed by atoms with E-state index < -0.39 is 0 Å². The molecule has 0 saturated carbocycles. The number of hydrogen-bond donors (Lipinski definition) is 0. The molecule has 0 aliphatic carbocycles. The maximum absolute atomic E-state index is 13.3. The molecule has 3 heterocycles. The molecule has 2 fully saturated rings. The highest BCUT2D eigenvalue weighted by atomic mass is 16.5. The Morgan fingerprint density at radius 3 is 2.77 bits per heavy atom. The minimum absolute atomic E-state index is 0.132. The number of aromatic nitrogens is 4. The average Bonchev–Trinajstić information content (AvgIpc) is 3.50. The van der Waals surface area contributed by atoms with Crippen LogP contribution in [0, 0.1) is 0 Å². The van der Waals surface area contributed by atoms with Crippen LogP contribution in [-0.2, 0) is 28.0 Å². The second kappa shape index (κ2) is 9.74. The first-order valence-corrected chi connectivity index (χ1v) is 11.1. The molecule has 9 nitrogen and oxygen atoms in total. The Kier molecular flexibility index (Phi) is 6.82. The summed E-state index contributed by atoms with van der Waals surface area (Å²) in [6.45, 7) is 4.55. The van der Waals surface area contributed by atoms with Gasteiger partial charge in [0.05, 0.1) is 26.7 Å². The Labute approximate surface area is 183 Å². The number of tetrazole rings is 1. The van der Waals surface area contributed by atoms with Gasteiger partial charge in [-0.05, 0) is 66.9 Å². The molecule has 0 radical (unpaired) electrons. The first-order chi connectivity index (χ1) is 15.2. The van der Waals surface area contributed by atoms with Crippen LogP contribution in [0.5, 0.6) is 5.75 Å². The molecule has 2 aliphatic rings. The van der Waals surface area contributed by atoms with Gasteiger partial charge in [0.15, 0.2) is 5.82 Å². The zero-order chi connectivity index (χ0) is 21.7. The summed E-state index contributed by atoms with van der Waals surface area (Å²) in [6.07, 6.45) is 4.57. The van der Waals surface area contributed by atoms with Gasteiger partial charge in [0.2, 0.25) is 5.91 Å². The van der Waals surface area contributed by atoms with E-state index in [1.165, 1.54) is 12.8 Å². The fourth-order valence-corrected chi connectivity index (χ4v) is 4.91. The summed E-state index contributed by atoms with van der Waals surface area (Å²) >= 11 is 0. The van der Waals surface area contributed by atoms with Gasteiger partial charge in [-0.25, -0.2) is 4.68 Å². The van der Waals surface area contributed by atoms with Gasteiger partial charge < -0.3 is 14.4 Å². The first kappa shape index (κ1) is 21.7. The number of carbonyl (C=O) groups excluding carboxylic acids is 1. The van der Waals surface area contributed by atoms with E-state index in [-0.39, 0.29) is 11.4 Å². The molecular formula is C22H32N6O3. The number of likely N-dealkylation sites (tertiary alicyclic amines) is 2. The lowest BCUT2D eigenvalue weighted by Gasteiger charge is -2.47. The van der Waals surface area contributed by atoms with Crippen molar-refractivity contribution in [2.75, 3.05) is 47.0 Å². The summed E-state index contributed by atoms with van der Waals surface area (Å²) in [5.41, 5.74) is 0.613. The van der Waals surface area contributed by atoms with Crippen LogP contribution < -0.4 is 4.74 Å². The zero-order valence-corrected chi connectivity index (χ0v) is 18.5. The van der Waals surface area contributed by atoms with Crippen LogP contribution in [0.25, 0.3) is 0 Å². The maximum Gasteiger partial charge on any atom is 0.227 e. The summed E-state index contributed by atoms with van der Waals surface area (Å²) in [5, 5.41) is 12.7. The van der Waals surface area contributed by atoms with Crippen molar-refractivity contribution in [3.8, 4) is 5.75 Å². The monoisotopic (exact) mass is 428 g/mol. The largest absolute Gasteiger partial charge is 0.497 e. The molecule has 31 heavy (non-hydrogen) atoms. The Bertz CT molecular complexity index is 882. The van der Waals surface area contributed by atoms with E-state index in [0.29, 0.717) is 26.1 Å². The van der Waals surface area contributed by atoms with Gasteiger partial charge in [0, 0.05) is 20.2 Å². The average molecular weight is 429 g/mol. The molecule has 2 saturated heterocycles. The van der Waals surface area contributed by atoms with Gasteiger partial charge in [-0.3, -0.25) is 9.69 Å². The van der Waals surface area contributed by atoms with E-state index in [0.717, 1.165) is 49.6 Å². The van der Waals surface area contributed by atoms with Gasteiger partial charge in [-0.15, -0.1) is 5.10 Å². The molecule has 1 atom stereocenters. The topological polar surface area (TPSA) is 85.6 Å². The van der Waals surface area contributed by atoms with E-state index in [4.69, 9.17) is 9.47 Å². The number of rotatable bonds is 8. The Balaban J connectivity index is 1.58. The molecule has 1 aromatic heterocycles. The summed E-state index contributed by atoms with van der Waals surface area (Å²) in [5.74, 6) is 1.76. The lowest BCUT2D eigenvalue weighted by molar-refractivity contribution is -0.135. The van der Waals surface area contributed by atoms with Crippen molar-refractivity contribution in [1.29, 1.82) is 0 Å². The molecule has 168 valence electrons. The molecule has 1 amide bonds. The van der Waals surface area contributed by atoms with Crippen LogP contribution in [0.1, 0.15) is 37.1 Å². The van der Waals surface area contributed by atoms with Crippen LogP contribution in [-0.4, -0.2) is 82.9 Å². The van der Waals surface area contributed by atoms with Crippen molar-refractivity contribution in [3.63, 3.8) is 0 Å². The predicted octanol–water partition coefficient (Wildman–Crippen LogP) is 1.48. The fourth-order valence-electron chi connectivity index (χ4n) is 4.91. The molecule has 1 aromatic carbocycles. The van der Waals surface area contributed by atoms with E-state index in [1.54, 1.807) is 14.2 Å². The van der Waals surface area contributed by atoms with E-state index in [9.17, 15) is 4.79 Å². The smallest absolute Gasteiger partial charge is 0.227 e. The van der Waals surface area contributed by atoms with E-state index in [1.807, 2.05) is 33.8 Å². The number of piperidine rings is 1. The lowest BCUT2D eigenvalue weighted by Crippen LogP contribution is -2.58. The second-order valence-electron chi connectivity index (χ2n) is 8.39.